The lowest BCUT2D eigenvalue weighted by atomic mass is 10.2. The molecule has 0 bridgehead atoms. The Labute approximate surface area is 154 Å². The van der Waals surface area contributed by atoms with E-state index in [0.29, 0.717) is 17.2 Å². The quantitative estimate of drug-likeness (QED) is 0.557. The molecule has 128 valence electrons. The van der Waals surface area contributed by atoms with E-state index in [1.807, 2.05) is 42.5 Å². The molecule has 2 aromatic heterocycles. The fourth-order valence-electron chi connectivity index (χ4n) is 2.60. The molecule has 7 heteroatoms. The van der Waals surface area contributed by atoms with E-state index >= 15 is 0 Å². The zero-order chi connectivity index (χ0) is 17.9. The van der Waals surface area contributed by atoms with Crippen LogP contribution in [0.3, 0.4) is 0 Å². The minimum absolute atomic E-state index is 0.229. The van der Waals surface area contributed by atoms with Crippen LogP contribution in [-0.4, -0.2) is 24.5 Å². The van der Waals surface area contributed by atoms with Crippen LogP contribution in [0.1, 0.15) is 5.56 Å². The van der Waals surface area contributed by atoms with E-state index in [1.54, 1.807) is 24.3 Å². The summed E-state index contributed by atoms with van der Waals surface area (Å²) in [6.45, 7) is 0.407. The summed E-state index contributed by atoms with van der Waals surface area (Å²) in [5.41, 5.74) is 2.23. The highest BCUT2D eigenvalue weighted by Crippen LogP contribution is 2.15. The topological polar surface area (TPSA) is 65.6 Å². The van der Waals surface area contributed by atoms with Crippen molar-refractivity contribution >= 4 is 28.8 Å². The van der Waals surface area contributed by atoms with Crippen molar-refractivity contribution in [2.45, 2.75) is 6.54 Å². The minimum Gasteiger partial charge on any atom is -0.293 e. The minimum atomic E-state index is -0.229. The number of hydrogen-bond acceptors (Lipinski definition) is 4. The van der Waals surface area contributed by atoms with Crippen LogP contribution < -0.4 is 5.56 Å². The zero-order valence-electron chi connectivity index (χ0n) is 13.7. The van der Waals surface area contributed by atoms with Crippen LogP contribution >= 0.6 is 11.6 Å². The Kier molecular flexibility index (Phi) is 4.33. The Balaban J connectivity index is 1.65. The summed E-state index contributed by atoms with van der Waals surface area (Å²) in [6, 6.07) is 17.0. The van der Waals surface area contributed by atoms with Crippen LogP contribution in [-0.2, 0) is 6.54 Å². The number of fused-ring (bicyclic) bond motifs is 1. The molecule has 0 N–H and O–H groups in total. The SMILES string of the molecule is O=c1c2nnn(-c3ccc(Cl)cc3)c2ncn1CC=Cc1ccccc1. The Morgan fingerprint density at radius 2 is 1.81 bits per heavy atom. The van der Waals surface area contributed by atoms with Crippen LogP contribution in [0.15, 0.2) is 71.8 Å². The highest BCUT2D eigenvalue weighted by molar-refractivity contribution is 6.30. The Bertz CT molecular complexity index is 1130. The average Bonchev–Trinajstić information content (AvgIpc) is 3.10. The van der Waals surface area contributed by atoms with Crippen molar-refractivity contribution in [1.29, 1.82) is 0 Å². The molecule has 6 nitrogen and oxygen atoms in total. The summed E-state index contributed by atoms with van der Waals surface area (Å²) in [4.78, 5) is 17.0. The summed E-state index contributed by atoms with van der Waals surface area (Å²) in [7, 11) is 0. The first-order valence-electron chi connectivity index (χ1n) is 8.01. The number of allylic oxidation sites excluding steroid dienone is 1. The van der Waals surface area contributed by atoms with E-state index in [2.05, 4.69) is 15.3 Å². The molecule has 26 heavy (non-hydrogen) atoms. The molecule has 0 aliphatic rings. The van der Waals surface area contributed by atoms with Gasteiger partial charge in [0.25, 0.3) is 5.56 Å². The van der Waals surface area contributed by atoms with Gasteiger partial charge in [0.15, 0.2) is 11.2 Å². The van der Waals surface area contributed by atoms with Gasteiger partial charge in [-0.15, -0.1) is 5.10 Å². The van der Waals surface area contributed by atoms with Gasteiger partial charge in [-0.05, 0) is 29.8 Å². The van der Waals surface area contributed by atoms with Gasteiger partial charge in [-0.3, -0.25) is 9.36 Å². The van der Waals surface area contributed by atoms with Crippen LogP contribution in [0.2, 0.25) is 5.02 Å². The van der Waals surface area contributed by atoms with Gasteiger partial charge in [0.1, 0.15) is 6.33 Å². The number of hydrogen-bond donors (Lipinski definition) is 0. The molecular weight excluding hydrogens is 350 g/mol. The van der Waals surface area contributed by atoms with Gasteiger partial charge in [-0.25, -0.2) is 4.98 Å². The summed E-state index contributed by atoms with van der Waals surface area (Å²) < 4.78 is 3.03. The van der Waals surface area contributed by atoms with E-state index in [4.69, 9.17) is 11.6 Å². The van der Waals surface area contributed by atoms with E-state index in [-0.39, 0.29) is 11.1 Å². The fourth-order valence-corrected chi connectivity index (χ4v) is 2.72. The monoisotopic (exact) mass is 363 g/mol. The molecule has 4 aromatic rings. The maximum absolute atomic E-state index is 12.6. The van der Waals surface area contributed by atoms with E-state index in [9.17, 15) is 4.79 Å². The van der Waals surface area contributed by atoms with Gasteiger partial charge in [0.2, 0.25) is 0 Å². The first-order chi connectivity index (χ1) is 12.7. The summed E-state index contributed by atoms with van der Waals surface area (Å²) in [6.07, 6.45) is 5.38. The molecule has 0 fully saturated rings. The fraction of sp³-hybridized carbons (Fsp3) is 0.0526. The number of aromatic nitrogens is 5. The lowest BCUT2D eigenvalue weighted by Crippen LogP contribution is -2.20. The van der Waals surface area contributed by atoms with Gasteiger partial charge in [-0.2, -0.15) is 4.68 Å². The molecule has 0 saturated carbocycles. The predicted octanol–water partition coefficient (Wildman–Crippen LogP) is 3.34. The second-order valence-corrected chi connectivity index (χ2v) is 6.10. The van der Waals surface area contributed by atoms with E-state index in [1.165, 1.54) is 15.6 Å². The molecular formula is C19H14ClN5O. The van der Waals surface area contributed by atoms with Gasteiger partial charge in [0.05, 0.1) is 5.69 Å². The molecule has 2 heterocycles. The maximum Gasteiger partial charge on any atom is 0.283 e. The van der Waals surface area contributed by atoms with Crippen LogP contribution in [0.4, 0.5) is 0 Å². The van der Waals surface area contributed by atoms with Crippen molar-refractivity contribution in [3.63, 3.8) is 0 Å². The van der Waals surface area contributed by atoms with Crippen LogP contribution in [0.5, 0.6) is 0 Å². The zero-order valence-corrected chi connectivity index (χ0v) is 14.4. The van der Waals surface area contributed by atoms with Gasteiger partial charge >= 0.3 is 0 Å². The highest BCUT2D eigenvalue weighted by Gasteiger charge is 2.12. The molecule has 0 radical (unpaired) electrons. The third kappa shape index (κ3) is 3.14. The number of rotatable bonds is 4. The third-order valence-corrected chi connectivity index (χ3v) is 4.16. The first-order valence-corrected chi connectivity index (χ1v) is 8.38. The third-order valence-electron chi connectivity index (χ3n) is 3.91. The average molecular weight is 364 g/mol. The van der Waals surface area contributed by atoms with Crippen molar-refractivity contribution < 1.29 is 0 Å². The van der Waals surface area contributed by atoms with Crippen LogP contribution in [0, 0.1) is 0 Å². The lowest BCUT2D eigenvalue weighted by Gasteiger charge is -2.03. The predicted molar refractivity (Wildman–Crippen MR) is 101 cm³/mol. The smallest absolute Gasteiger partial charge is 0.283 e. The van der Waals surface area contributed by atoms with Gasteiger partial charge in [-0.1, -0.05) is 59.3 Å². The standard InChI is InChI=1S/C19H14ClN5O/c20-15-8-10-16(11-9-15)25-18-17(22-23-25)19(26)24(13-21-18)12-4-7-14-5-2-1-3-6-14/h1-11,13H,12H2. The number of nitrogens with zero attached hydrogens (tertiary/aromatic N) is 5. The Hall–Kier alpha value is -3.25. The van der Waals surface area contributed by atoms with E-state index < -0.39 is 0 Å². The van der Waals surface area contributed by atoms with E-state index in [0.717, 1.165) is 11.3 Å². The molecule has 0 unspecified atom stereocenters. The van der Waals surface area contributed by atoms with Crippen LogP contribution in [0.25, 0.3) is 22.9 Å². The summed E-state index contributed by atoms with van der Waals surface area (Å²) in [5.74, 6) is 0. The van der Waals surface area contributed by atoms with Crippen molar-refractivity contribution in [3.8, 4) is 5.69 Å². The van der Waals surface area contributed by atoms with Crippen molar-refractivity contribution in [2.24, 2.45) is 0 Å². The summed E-state index contributed by atoms with van der Waals surface area (Å²) >= 11 is 5.91. The van der Waals surface area contributed by atoms with Crippen molar-refractivity contribution in [3.05, 3.63) is 87.9 Å². The van der Waals surface area contributed by atoms with Crippen molar-refractivity contribution in [1.82, 2.24) is 24.5 Å². The second kappa shape index (κ2) is 6.93. The maximum atomic E-state index is 12.6. The molecule has 0 spiro atoms. The molecule has 0 aliphatic heterocycles. The van der Waals surface area contributed by atoms with Gasteiger partial charge < -0.3 is 0 Å². The Morgan fingerprint density at radius 3 is 2.58 bits per heavy atom. The molecule has 0 atom stereocenters. The molecule has 2 aromatic carbocycles. The Morgan fingerprint density at radius 1 is 1.04 bits per heavy atom. The summed E-state index contributed by atoms with van der Waals surface area (Å²) in [5, 5.41) is 8.68. The molecule has 0 saturated heterocycles. The number of halogens is 1. The highest BCUT2D eigenvalue weighted by atomic mass is 35.5. The molecule has 0 amide bonds. The second-order valence-electron chi connectivity index (χ2n) is 5.67. The first kappa shape index (κ1) is 16.2. The molecule has 0 aliphatic carbocycles. The van der Waals surface area contributed by atoms with Gasteiger partial charge in [0, 0.05) is 11.6 Å². The lowest BCUT2D eigenvalue weighted by molar-refractivity contribution is 0.765. The normalized spacial score (nSPS) is 11.4. The number of benzene rings is 2. The largest absolute Gasteiger partial charge is 0.293 e. The van der Waals surface area contributed by atoms with Crippen molar-refractivity contribution in [2.75, 3.05) is 0 Å². The molecule has 4 rings (SSSR count).